The van der Waals surface area contributed by atoms with E-state index in [1.165, 1.54) is 28.8 Å². The molecule has 3 aromatic rings. The van der Waals surface area contributed by atoms with E-state index >= 15 is 0 Å². The lowest BCUT2D eigenvalue weighted by Crippen LogP contribution is -2.55. The van der Waals surface area contributed by atoms with Crippen LogP contribution in [0, 0.1) is 11.3 Å². The van der Waals surface area contributed by atoms with Crippen molar-refractivity contribution in [2.24, 2.45) is 0 Å². The molecule has 0 aliphatic carbocycles. The number of piperazine rings is 1. The van der Waals surface area contributed by atoms with E-state index < -0.39 is 0 Å². The number of hydrogen-bond acceptors (Lipinski definition) is 8. The van der Waals surface area contributed by atoms with E-state index in [1.807, 2.05) is 0 Å². The molecule has 2 fully saturated rings. The molecule has 0 N–H and O–H groups in total. The van der Waals surface area contributed by atoms with Gasteiger partial charge in [-0.25, -0.2) is 0 Å². The molecule has 1 aromatic heterocycles. The first-order valence-corrected chi connectivity index (χ1v) is 14.5. The van der Waals surface area contributed by atoms with Crippen LogP contribution in [0.25, 0.3) is 10.8 Å². The summed E-state index contributed by atoms with van der Waals surface area (Å²) < 4.78 is 6.24. The Morgan fingerprint density at radius 3 is 2.78 bits per heavy atom. The molecule has 212 valence electrons. The minimum absolute atomic E-state index is 0.135. The zero-order chi connectivity index (χ0) is 28.3. The smallest absolute Gasteiger partial charge is 0.318 e. The molecule has 0 saturated carbocycles. The van der Waals surface area contributed by atoms with Crippen molar-refractivity contribution < 1.29 is 9.53 Å². The van der Waals surface area contributed by atoms with E-state index in [1.54, 1.807) is 4.90 Å². The average molecular weight is 552 g/mol. The second-order valence-electron chi connectivity index (χ2n) is 11.3. The molecule has 6 rings (SSSR count). The quantitative estimate of drug-likeness (QED) is 0.392. The zero-order valence-corrected chi connectivity index (χ0v) is 23.7. The zero-order valence-electron chi connectivity index (χ0n) is 23.7. The van der Waals surface area contributed by atoms with Gasteiger partial charge in [-0.1, -0.05) is 49.0 Å². The Balaban J connectivity index is 1.28. The van der Waals surface area contributed by atoms with E-state index in [0.29, 0.717) is 44.8 Å². The van der Waals surface area contributed by atoms with Gasteiger partial charge in [-0.2, -0.15) is 15.2 Å². The van der Waals surface area contributed by atoms with Crippen LogP contribution in [0.5, 0.6) is 6.01 Å². The largest absolute Gasteiger partial charge is 0.462 e. The molecule has 41 heavy (non-hydrogen) atoms. The number of carbonyl (C=O) groups is 1. The van der Waals surface area contributed by atoms with Crippen molar-refractivity contribution in [3.63, 3.8) is 0 Å². The summed E-state index contributed by atoms with van der Waals surface area (Å²) in [6.45, 7) is 9.22. The van der Waals surface area contributed by atoms with Gasteiger partial charge in [0, 0.05) is 50.9 Å². The number of carbonyl (C=O) groups excluding carboxylic acids is 1. The van der Waals surface area contributed by atoms with Crippen LogP contribution in [0.1, 0.15) is 36.1 Å². The van der Waals surface area contributed by atoms with Crippen molar-refractivity contribution in [2.45, 2.75) is 51.0 Å². The fraction of sp³-hybridized carbons (Fsp3) is 0.438. The summed E-state index contributed by atoms with van der Waals surface area (Å²) in [4.78, 5) is 31.1. The molecular weight excluding hydrogens is 514 g/mol. The maximum Gasteiger partial charge on any atom is 0.318 e. The van der Waals surface area contributed by atoms with Gasteiger partial charge in [0.05, 0.1) is 24.2 Å². The maximum atomic E-state index is 12.5. The highest BCUT2D eigenvalue weighted by Crippen LogP contribution is 2.34. The third-order valence-corrected chi connectivity index (χ3v) is 8.72. The van der Waals surface area contributed by atoms with E-state index in [0.717, 1.165) is 43.1 Å². The first-order valence-electron chi connectivity index (χ1n) is 14.5. The molecule has 0 radical (unpaired) electrons. The lowest BCUT2D eigenvalue weighted by Gasteiger charge is -2.41. The fourth-order valence-corrected chi connectivity index (χ4v) is 6.48. The molecule has 0 bridgehead atoms. The summed E-state index contributed by atoms with van der Waals surface area (Å²) in [6.07, 6.45) is 3.88. The van der Waals surface area contributed by atoms with Crippen molar-refractivity contribution >= 4 is 22.5 Å². The normalized spacial score (nSPS) is 21.2. The summed E-state index contributed by atoms with van der Waals surface area (Å²) in [7, 11) is 2.14. The highest BCUT2D eigenvalue weighted by molar-refractivity contribution is 5.87. The lowest BCUT2D eigenvalue weighted by atomic mass is 10.0. The number of fused-ring (bicyclic) bond motifs is 2. The minimum Gasteiger partial charge on any atom is -0.462 e. The Morgan fingerprint density at radius 1 is 1.12 bits per heavy atom. The molecule has 2 atom stereocenters. The SMILES string of the molecule is C=CC(=O)N1CCN(c2nc(OCC3CCCN3C)nc3c2CN(Cc2cccc4ccccc24)C3)CC1CC#N. The van der Waals surface area contributed by atoms with E-state index in [4.69, 9.17) is 14.7 Å². The first kappa shape index (κ1) is 27.2. The molecule has 9 nitrogen and oxygen atoms in total. The molecule has 4 heterocycles. The van der Waals surface area contributed by atoms with E-state index in [2.05, 4.69) is 76.9 Å². The number of aromatic nitrogens is 2. The highest BCUT2D eigenvalue weighted by atomic mass is 16.5. The number of nitriles is 1. The molecule has 9 heteroatoms. The number of ether oxygens (including phenoxy) is 1. The monoisotopic (exact) mass is 551 g/mol. The molecular formula is C32H37N7O2. The van der Waals surface area contributed by atoms with Gasteiger partial charge in [0.25, 0.3) is 0 Å². The summed E-state index contributed by atoms with van der Waals surface area (Å²) in [6, 6.07) is 17.8. The maximum absolute atomic E-state index is 12.5. The standard InChI is InChI=1S/C32H37N7O2/c1-3-30(40)39-17-16-38(19-25(39)13-14-33)31-28-20-37(18-24-10-6-9-23-8-4-5-12-27(23)24)21-29(28)34-32(35-31)41-22-26-11-7-15-36(26)2/h3-6,8-10,12,25-26H,1,7,11,13,15-22H2,2H3. The third kappa shape index (κ3) is 5.63. The fourth-order valence-electron chi connectivity index (χ4n) is 6.48. The number of benzene rings is 2. The summed E-state index contributed by atoms with van der Waals surface area (Å²) in [5, 5.41) is 12.0. The lowest BCUT2D eigenvalue weighted by molar-refractivity contribution is -0.128. The highest BCUT2D eigenvalue weighted by Gasteiger charge is 2.34. The number of anilines is 1. The predicted octanol–water partition coefficient (Wildman–Crippen LogP) is 3.74. The average Bonchev–Trinajstić information content (AvgIpc) is 3.60. The van der Waals surface area contributed by atoms with Crippen LogP contribution in [0.4, 0.5) is 5.82 Å². The van der Waals surface area contributed by atoms with Gasteiger partial charge in [0.2, 0.25) is 5.91 Å². The van der Waals surface area contributed by atoms with Crippen molar-refractivity contribution in [3.8, 4) is 12.1 Å². The van der Waals surface area contributed by atoms with Gasteiger partial charge in [0.1, 0.15) is 12.4 Å². The number of likely N-dealkylation sites (tertiary alicyclic amines) is 1. The van der Waals surface area contributed by atoms with Gasteiger partial charge < -0.3 is 19.4 Å². The minimum atomic E-state index is -0.227. The molecule has 3 aliphatic rings. The van der Waals surface area contributed by atoms with Crippen molar-refractivity contribution in [3.05, 3.63) is 71.9 Å². The Morgan fingerprint density at radius 2 is 1.98 bits per heavy atom. The van der Waals surface area contributed by atoms with Gasteiger partial charge in [-0.15, -0.1) is 0 Å². The Hall–Kier alpha value is -4.00. The van der Waals surface area contributed by atoms with Crippen LogP contribution in [0.15, 0.2) is 55.1 Å². The predicted molar refractivity (Wildman–Crippen MR) is 158 cm³/mol. The van der Waals surface area contributed by atoms with E-state index in [-0.39, 0.29) is 18.4 Å². The van der Waals surface area contributed by atoms with Crippen molar-refractivity contribution in [1.29, 1.82) is 5.26 Å². The topological polar surface area (TPSA) is 88.8 Å². The number of likely N-dealkylation sites (N-methyl/N-ethyl adjacent to an activating group) is 1. The Bertz CT molecular complexity index is 1480. The molecule has 2 saturated heterocycles. The third-order valence-electron chi connectivity index (χ3n) is 8.72. The van der Waals surface area contributed by atoms with Crippen LogP contribution in [0.2, 0.25) is 0 Å². The molecule has 0 spiro atoms. The van der Waals surface area contributed by atoms with Crippen LogP contribution in [0.3, 0.4) is 0 Å². The molecule has 2 unspecified atom stereocenters. The summed E-state index contributed by atoms with van der Waals surface area (Å²) in [5.41, 5.74) is 3.39. The summed E-state index contributed by atoms with van der Waals surface area (Å²) >= 11 is 0. The van der Waals surface area contributed by atoms with Gasteiger partial charge >= 0.3 is 6.01 Å². The second-order valence-corrected chi connectivity index (χ2v) is 11.3. The number of hydrogen-bond donors (Lipinski definition) is 0. The molecule has 1 amide bonds. The van der Waals surface area contributed by atoms with Gasteiger partial charge in [-0.3, -0.25) is 9.69 Å². The van der Waals surface area contributed by atoms with Crippen molar-refractivity contribution in [1.82, 2.24) is 24.7 Å². The number of amides is 1. The van der Waals surface area contributed by atoms with Crippen LogP contribution in [-0.2, 0) is 24.4 Å². The Labute approximate surface area is 241 Å². The van der Waals surface area contributed by atoms with Crippen molar-refractivity contribution in [2.75, 3.05) is 44.7 Å². The first-order chi connectivity index (χ1) is 20.0. The molecule has 3 aliphatic heterocycles. The second kappa shape index (κ2) is 11.9. The summed E-state index contributed by atoms with van der Waals surface area (Å²) in [5.74, 6) is 0.725. The van der Waals surface area contributed by atoms with Crippen LogP contribution < -0.4 is 9.64 Å². The van der Waals surface area contributed by atoms with Gasteiger partial charge in [-0.05, 0) is 48.8 Å². The van der Waals surface area contributed by atoms with Crippen LogP contribution in [-0.4, -0.2) is 82.5 Å². The number of rotatable bonds is 8. The molecule has 2 aromatic carbocycles. The Kier molecular flexibility index (Phi) is 7.86. The van der Waals surface area contributed by atoms with E-state index in [9.17, 15) is 10.1 Å². The number of nitrogens with zero attached hydrogens (tertiary/aromatic N) is 7. The van der Waals surface area contributed by atoms with Crippen LogP contribution >= 0.6 is 0 Å². The van der Waals surface area contributed by atoms with Gasteiger partial charge in [0.15, 0.2) is 0 Å².